The van der Waals surface area contributed by atoms with Crippen LogP contribution in [0.25, 0.3) is 10.9 Å². The number of benzene rings is 2. The molecule has 134 valence electrons. The molecule has 1 heterocycles. The molecule has 0 aliphatic heterocycles. The van der Waals surface area contributed by atoms with Crippen molar-refractivity contribution >= 4 is 28.3 Å². The highest BCUT2D eigenvalue weighted by Gasteiger charge is 2.14. The summed E-state index contributed by atoms with van der Waals surface area (Å²) in [6, 6.07) is 12.7. The summed E-state index contributed by atoms with van der Waals surface area (Å²) in [7, 11) is 3.10. The van der Waals surface area contributed by atoms with Gasteiger partial charge in [-0.3, -0.25) is 9.59 Å². The second-order valence-electron chi connectivity index (χ2n) is 5.86. The van der Waals surface area contributed by atoms with E-state index in [4.69, 9.17) is 9.47 Å². The molecule has 6 nitrogen and oxygen atoms in total. The molecule has 3 aromatic rings. The average Bonchev–Trinajstić information content (AvgIpc) is 3.00. The molecular weight excluding hydrogens is 332 g/mol. The zero-order valence-electron chi connectivity index (χ0n) is 14.9. The Morgan fingerprint density at radius 3 is 2.46 bits per heavy atom. The molecule has 3 rings (SSSR count). The van der Waals surface area contributed by atoms with Crippen molar-refractivity contribution in [3.8, 4) is 11.5 Å². The van der Waals surface area contributed by atoms with Gasteiger partial charge in [0.05, 0.1) is 14.2 Å². The minimum atomic E-state index is -0.201. The number of ketones is 1. The first kappa shape index (κ1) is 17.5. The van der Waals surface area contributed by atoms with Crippen molar-refractivity contribution in [2.24, 2.45) is 0 Å². The van der Waals surface area contributed by atoms with Crippen molar-refractivity contribution in [1.29, 1.82) is 0 Å². The predicted molar refractivity (Wildman–Crippen MR) is 100 cm³/mol. The van der Waals surface area contributed by atoms with Crippen LogP contribution in [0.3, 0.4) is 0 Å². The number of anilines is 1. The number of nitrogens with zero attached hydrogens (tertiary/aromatic N) is 1. The quantitative estimate of drug-likeness (QED) is 0.690. The number of fused-ring (bicyclic) bond motifs is 1. The number of carbonyl (C=O) groups is 2. The van der Waals surface area contributed by atoms with E-state index in [9.17, 15) is 9.59 Å². The maximum atomic E-state index is 12.5. The van der Waals surface area contributed by atoms with Gasteiger partial charge in [0.1, 0.15) is 6.54 Å². The molecule has 0 atom stereocenters. The summed E-state index contributed by atoms with van der Waals surface area (Å²) in [6.07, 6.45) is 1.72. The van der Waals surface area contributed by atoms with Crippen LogP contribution < -0.4 is 14.8 Å². The molecule has 0 spiro atoms. The van der Waals surface area contributed by atoms with Crippen molar-refractivity contribution in [1.82, 2.24) is 4.57 Å². The highest BCUT2D eigenvalue weighted by molar-refractivity contribution is 6.07. The Morgan fingerprint density at radius 1 is 1.04 bits per heavy atom. The Morgan fingerprint density at radius 2 is 1.77 bits per heavy atom. The van der Waals surface area contributed by atoms with E-state index in [2.05, 4.69) is 5.32 Å². The van der Waals surface area contributed by atoms with Crippen LogP contribution in [-0.2, 0) is 11.3 Å². The monoisotopic (exact) mass is 352 g/mol. The third kappa shape index (κ3) is 3.39. The van der Waals surface area contributed by atoms with E-state index >= 15 is 0 Å². The normalized spacial score (nSPS) is 10.6. The maximum Gasteiger partial charge on any atom is 0.244 e. The summed E-state index contributed by atoms with van der Waals surface area (Å²) in [6.45, 7) is 1.62. The summed E-state index contributed by atoms with van der Waals surface area (Å²) in [5, 5.41) is 3.69. The lowest BCUT2D eigenvalue weighted by Crippen LogP contribution is -2.18. The van der Waals surface area contributed by atoms with E-state index < -0.39 is 0 Å². The molecule has 6 heteroatoms. The topological polar surface area (TPSA) is 69.6 Å². The fourth-order valence-electron chi connectivity index (χ4n) is 2.93. The Bertz CT molecular complexity index is 975. The number of methoxy groups -OCH3 is 2. The fourth-order valence-corrected chi connectivity index (χ4v) is 2.93. The zero-order valence-corrected chi connectivity index (χ0v) is 14.9. The van der Waals surface area contributed by atoms with E-state index in [0.717, 1.165) is 10.9 Å². The molecule has 0 saturated heterocycles. The summed E-state index contributed by atoms with van der Waals surface area (Å²) in [4.78, 5) is 24.3. The SMILES string of the molecule is COc1ccc(NC(=O)Cn2cc(C(C)=O)c3ccccc32)cc1OC. The molecule has 0 unspecified atom stereocenters. The van der Waals surface area contributed by atoms with Crippen LogP contribution in [-0.4, -0.2) is 30.5 Å². The number of rotatable bonds is 6. The predicted octanol–water partition coefficient (Wildman–Crippen LogP) is 3.50. The summed E-state index contributed by atoms with van der Waals surface area (Å²) in [5.74, 6) is 0.900. The van der Waals surface area contributed by atoms with Crippen LogP contribution in [0.2, 0.25) is 0 Å². The molecular formula is C20H20N2O4. The van der Waals surface area contributed by atoms with Gasteiger partial charge in [-0.15, -0.1) is 0 Å². The molecule has 2 aromatic carbocycles. The zero-order chi connectivity index (χ0) is 18.7. The average molecular weight is 352 g/mol. The van der Waals surface area contributed by atoms with Gasteiger partial charge in [0, 0.05) is 34.4 Å². The molecule has 1 amide bonds. The van der Waals surface area contributed by atoms with E-state index in [1.165, 1.54) is 6.92 Å². The van der Waals surface area contributed by atoms with Crippen LogP contribution >= 0.6 is 0 Å². The number of ether oxygens (including phenoxy) is 2. The lowest BCUT2D eigenvalue weighted by atomic mass is 10.1. The molecule has 0 aliphatic rings. The lowest BCUT2D eigenvalue weighted by Gasteiger charge is -2.11. The van der Waals surface area contributed by atoms with Crippen LogP contribution in [0.5, 0.6) is 11.5 Å². The Hall–Kier alpha value is -3.28. The highest BCUT2D eigenvalue weighted by Crippen LogP contribution is 2.29. The smallest absolute Gasteiger partial charge is 0.244 e. The number of para-hydroxylation sites is 1. The summed E-state index contributed by atoms with van der Waals surface area (Å²) in [5.41, 5.74) is 2.07. The van der Waals surface area contributed by atoms with Crippen LogP contribution in [0, 0.1) is 0 Å². The van der Waals surface area contributed by atoms with Gasteiger partial charge in [0.2, 0.25) is 5.91 Å². The van der Waals surface area contributed by atoms with Crippen molar-refractivity contribution in [2.75, 3.05) is 19.5 Å². The van der Waals surface area contributed by atoms with Gasteiger partial charge >= 0.3 is 0 Å². The number of amides is 1. The maximum absolute atomic E-state index is 12.5. The van der Waals surface area contributed by atoms with Crippen LogP contribution in [0.1, 0.15) is 17.3 Å². The molecule has 1 aromatic heterocycles. The largest absolute Gasteiger partial charge is 0.493 e. The first-order valence-corrected chi connectivity index (χ1v) is 8.14. The highest BCUT2D eigenvalue weighted by atomic mass is 16.5. The van der Waals surface area contributed by atoms with Crippen molar-refractivity contribution in [3.05, 3.63) is 54.2 Å². The van der Waals surface area contributed by atoms with Crippen molar-refractivity contribution in [2.45, 2.75) is 13.5 Å². The molecule has 0 radical (unpaired) electrons. The fraction of sp³-hybridized carbons (Fsp3) is 0.200. The van der Waals surface area contributed by atoms with Gasteiger partial charge in [-0.05, 0) is 25.1 Å². The van der Waals surface area contributed by atoms with Crippen molar-refractivity contribution in [3.63, 3.8) is 0 Å². The number of Topliss-reactive ketones (excluding diaryl/α,β-unsaturated/α-hetero) is 1. The van der Waals surface area contributed by atoms with E-state index in [0.29, 0.717) is 22.7 Å². The first-order chi connectivity index (χ1) is 12.5. The molecule has 0 fully saturated rings. The van der Waals surface area contributed by atoms with Crippen molar-refractivity contribution < 1.29 is 19.1 Å². The van der Waals surface area contributed by atoms with Gasteiger partial charge in [-0.1, -0.05) is 18.2 Å². The Labute approximate surface area is 151 Å². The third-order valence-corrected chi connectivity index (χ3v) is 4.15. The second-order valence-corrected chi connectivity index (χ2v) is 5.86. The number of carbonyl (C=O) groups excluding carboxylic acids is 2. The molecule has 0 bridgehead atoms. The standard InChI is InChI=1S/C20H20N2O4/c1-13(23)16-11-22(17-7-5-4-6-15(16)17)12-20(24)21-14-8-9-18(25-2)19(10-14)26-3/h4-11H,12H2,1-3H3,(H,21,24). The Balaban J connectivity index is 1.83. The molecule has 1 N–H and O–H groups in total. The van der Waals surface area contributed by atoms with Crippen LogP contribution in [0.15, 0.2) is 48.7 Å². The van der Waals surface area contributed by atoms with Gasteiger partial charge in [-0.25, -0.2) is 0 Å². The van der Waals surface area contributed by atoms with E-state index in [-0.39, 0.29) is 18.2 Å². The minimum Gasteiger partial charge on any atom is -0.493 e. The Kier molecular flexibility index (Phi) is 4.93. The first-order valence-electron chi connectivity index (χ1n) is 8.14. The minimum absolute atomic E-state index is 0.0275. The molecule has 0 aliphatic carbocycles. The van der Waals surface area contributed by atoms with Crippen LogP contribution in [0.4, 0.5) is 5.69 Å². The second kappa shape index (κ2) is 7.31. The summed E-state index contributed by atoms with van der Waals surface area (Å²) >= 11 is 0. The number of aromatic nitrogens is 1. The van der Waals surface area contributed by atoms with E-state index in [1.54, 1.807) is 43.2 Å². The molecule has 26 heavy (non-hydrogen) atoms. The molecule has 0 saturated carbocycles. The van der Waals surface area contributed by atoms with Gasteiger partial charge in [-0.2, -0.15) is 0 Å². The van der Waals surface area contributed by atoms with E-state index in [1.807, 2.05) is 24.3 Å². The van der Waals surface area contributed by atoms with Gasteiger partial charge in [0.25, 0.3) is 0 Å². The van der Waals surface area contributed by atoms with Gasteiger partial charge < -0.3 is 19.4 Å². The number of hydrogen-bond acceptors (Lipinski definition) is 4. The lowest BCUT2D eigenvalue weighted by molar-refractivity contribution is -0.116. The van der Waals surface area contributed by atoms with Gasteiger partial charge in [0.15, 0.2) is 17.3 Å². The number of hydrogen-bond donors (Lipinski definition) is 1. The summed E-state index contributed by atoms with van der Waals surface area (Å²) < 4.78 is 12.2. The number of nitrogens with one attached hydrogen (secondary N) is 1. The third-order valence-electron chi connectivity index (χ3n) is 4.15.